The monoisotopic (exact) mass is 423 g/mol. The lowest BCUT2D eigenvalue weighted by atomic mass is 10.2. The molecule has 0 aliphatic heterocycles. The Kier molecular flexibility index (Phi) is 5.94. The molecule has 1 N–H and O–H groups in total. The number of thiophene rings is 1. The lowest BCUT2D eigenvalue weighted by molar-refractivity contribution is -0.121. The number of carbonyl (C=O) groups excluding carboxylic acids is 1. The van der Waals surface area contributed by atoms with Crippen LogP contribution in [0.4, 0.5) is 0 Å². The SMILES string of the molecule is CC(C)Cn1c(=O)c2sccc2n2c(CCCC(=O)NCc3ccccc3)nnc12. The van der Waals surface area contributed by atoms with Gasteiger partial charge in [0.05, 0.1) is 5.52 Å². The van der Waals surface area contributed by atoms with E-state index >= 15 is 0 Å². The van der Waals surface area contributed by atoms with Gasteiger partial charge in [0.2, 0.25) is 11.7 Å². The number of hydrogen-bond donors (Lipinski definition) is 1. The first-order chi connectivity index (χ1) is 14.5. The number of benzene rings is 1. The van der Waals surface area contributed by atoms with Crippen LogP contribution in [0.25, 0.3) is 16.0 Å². The van der Waals surface area contributed by atoms with Crippen molar-refractivity contribution in [3.05, 3.63) is 63.5 Å². The van der Waals surface area contributed by atoms with Crippen LogP contribution in [-0.2, 0) is 24.3 Å². The minimum atomic E-state index is -0.0135. The van der Waals surface area contributed by atoms with Crippen molar-refractivity contribution in [2.45, 2.75) is 46.2 Å². The summed E-state index contributed by atoms with van der Waals surface area (Å²) in [6.45, 7) is 5.28. The summed E-state index contributed by atoms with van der Waals surface area (Å²) in [5.41, 5.74) is 1.91. The third kappa shape index (κ3) is 4.14. The Morgan fingerprint density at radius 2 is 1.97 bits per heavy atom. The van der Waals surface area contributed by atoms with Crippen LogP contribution in [0.15, 0.2) is 46.6 Å². The quantitative estimate of drug-likeness (QED) is 0.471. The first-order valence-corrected chi connectivity index (χ1v) is 11.1. The molecule has 4 rings (SSSR count). The van der Waals surface area contributed by atoms with Crippen LogP contribution in [0.5, 0.6) is 0 Å². The molecule has 7 nitrogen and oxygen atoms in total. The average Bonchev–Trinajstić information content (AvgIpc) is 3.37. The molecule has 0 radical (unpaired) electrons. The number of fused-ring (bicyclic) bond motifs is 3. The Balaban J connectivity index is 1.49. The average molecular weight is 424 g/mol. The molecule has 0 atom stereocenters. The van der Waals surface area contributed by atoms with E-state index in [9.17, 15) is 9.59 Å². The number of nitrogens with one attached hydrogen (secondary N) is 1. The predicted molar refractivity (Wildman–Crippen MR) is 119 cm³/mol. The summed E-state index contributed by atoms with van der Waals surface area (Å²) < 4.78 is 4.40. The number of hydrogen-bond acceptors (Lipinski definition) is 5. The lowest BCUT2D eigenvalue weighted by Gasteiger charge is -2.11. The maximum atomic E-state index is 12.9. The number of aromatic nitrogens is 4. The highest BCUT2D eigenvalue weighted by Gasteiger charge is 2.18. The standard InChI is InChI=1S/C22H25N5O2S/c1-15(2)14-26-21(29)20-17(11-12-30-20)27-18(24-25-22(26)27)9-6-10-19(28)23-13-16-7-4-3-5-8-16/h3-5,7-8,11-12,15H,6,9-10,13-14H2,1-2H3,(H,23,28). The molecule has 0 spiro atoms. The second kappa shape index (κ2) is 8.79. The molecule has 0 aliphatic rings. The molecule has 0 saturated heterocycles. The van der Waals surface area contributed by atoms with Crippen molar-refractivity contribution in [1.29, 1.82) is 0 Å². The molecule has 1 aromatic carbocycles. The lowest BCUT2D eigenvalue weighted by Crippen LogP contribution is -2.25. The molecular formula is C22H25N5O2S. The van der Waals surface area contributed by atoms with Crippen molar-refractivity contribution < 1.29 is 4.79 Å². The van der Waals surface area contributed by atoms with Crippen LogP contribution >= 0.6 is 11.3 Å². The van der Waals surface area contributed by atoms with Crippen LogP contribution in [0, 0.1) is 5.92 Å². The van der Waals surface area contributed by atoms with Crippen LogP contribution in [-0.4, -0.2) is 25.1 Å². The summed E-state index contributed by atoms with van der Waals surface area (Å²) in [6.07, 6.45) is 1.70. The summed E-state index contributed by atoms with van der Waals surface area (Å²) in [7, 11) is 0. The minimum Gasteiger partial charge on any atom is -0.352 e. The number of aryl methyl sites for hydroxylation is 1. The van der Waals surface area contributed by atoms with E-state index in [0.29, 0.717) is 48.7 Å². The zero-order chi connectivity index (χ0) is 21.1. The molecule has 1 amide bonds. The van der Waals surface area contributed by atoms with Crippen LogP contribution in [0.3, 0.4) is 0 Å². The number of nitrogens with zero attached hydrogens (tertiary/aromatic N) is 4. The topological polar surface area (TPSA) is 81.3 Å². The maximum absolute atomic E-state index is 12.9. The van der Waals surface area contributed by atoms with Crippen molar-refractivity contribution in [3.8, 4) is 0 Å². The first kappa shape index (κ1) is 20.3. The highest BCUT2D eigenvalue weighted by atomic mass is 32.1. The van der Waals surface area contributed by atoms with Gasteiger partial charge in [-0.15, -0.1) is 21.5 Å². The molecular weight excluding hydrogens is 398 g/mol. The maximum Gasteiger partial charge on any atom is 0.272 e. The Bertz CT molecular complexity index is 1220. The molecule has 3 aromatic heterocycles. The molecule has 3 heterocycles. The third-order valence-corrected chi connectivity index (χ3v) is 5.86. The van der Waals surface area contributed by atoms with Gasteiger partial charge >= 0.3 is 0 Å². The zero-order valence-corrected chi connectivity index (χ0v) is 18.0. The van der Waals surface area contributed by atoms with Gasteiger partial charge in [-0.2, -0.15) is 0 Å². The van der Waals surface area contributed by atoms with E-state index in [-0.39, 0.29) is 11.5 Å². The van der Waals surface area contributed by atoms with E-state index in [1.54, 1.807) is 4.57 Å². The van der Waals surface area contributed by atoms with Gasteiger partial charge in [0, 0.05) is 25.9 Å². The molecule has 4 aromatic rings. The normalized spacial score (nSPS) is 11.6. The minimum absolute atomic E-state index is 0.0135. The summed E-state index contributed by atoms with van der Waals surface area (Å²) in [6, 6.07) is 11.8. The Hall–Kier alpha value is -3.00. The van der Waals surface area contributed by atoms with Gasteiger partial charge in [0.15, 0.2) is 0 Å². The van der Waals surface area contributed by atoms with E-state index in [2.05, 4.69) is 29.4 Å². The van der Waals surface area contributed by atoms with Crippen molar-refractivity contribution in [3.63, 3.8) is 0 Å². The second-order valence-corrected chi connectivity index (χ2v) is 8.73. The summed E-state index contributed by atoms with van der Waals surface area (Å²) in [4.78, 5) is 25.1. The van der Waals surface area contributed by atoms with Gasteiger partial charge in [-0.1, -0.05) is 44.2 Å². The van der Waals surface area contributed by atoms with E-state index in [1.165, 1.54) is 11.3 Å². The third-order valence-electron chi connectivity index (χ3n) is 4.96. The number of rotatable bonds is 8. The molecule has 0 unspecified atom stereocenters. The van der Waals surface area contributed by atoms with E-state index < -0.39 is 0 Å². The van der Waals surface area contributed by atoms with Crippen LogP contribution < -0.4 is 10.9 Å². The fraction of sp³-hybridized carbons (Fsp3) is 0.364. The van der Waals surface area contributed by atoms with Crippen molar-refractivity contribution in [2.24, 2.45) is 5.92 Å². The van der Waals surface area contributed by atoms with Crippen LogP contribution in [0.1, 0.15) is 38.1 Å². The van der Waals surface area contributed by atoms with Crippen molar-refractivity contribution in [2.75, 3.05) is 0 Å². The van der Waals surface area contributed by atoms with E-state index in [0.717, 1.165) is 16.9 Å². The second-order valence-electron chi connectivity index (χ2n) is 7.81. The van der Waals surface area contributed by atoms with Gasteiger partial charge in [0.25, 0.3) is 5.56 Å². The number of amides is 1. The van der Waals surface area contributed by atoms with Gasteiger partial charge in [0.1, 0.15) is 10.5 Å². The fourth-order valence-electron chi connectivity index (χ4n) is 3.56. The van der Waals surface area contributed by atoms with Gasteiger partial charge in [-0.25, -0.2) is 0 Å². The smallest absolute Gasteiger partial charge is 0.272 e. The first-order valence-electron chi connectivity index (χ1n) is 10.2. The molecule has 156 valence electrons. The Morgan fingerprint density at radius 3 is 2.73 bits per heavy atom. The molecule has 30 heavy (non-hydrogen) atoms. The van der Waals surface area contributed by atoms with Gasteiger partial charge in [-0.05, 0) is 29.3 Å². The summed E-state index contributed by atoms with van der Waals surface area (Å²) in [5, 5.41) is 13.5. The molecule has 0 fully saturated rings. The Morgan fingerprint density at radius 1 is 1.17 bits per heavy atom. The molecule has 0 bridgehead atoms. The van der Waals surface area contributed by atoms with Crippen molar-refractivity contribution in [1.82, 2.24) is 24.5 Å². The predicted octanol–water partition coefficient (Wildman–Crippen LogP) is 3.40. The fourth-order valence-corrected chi connectivity index (χ4v) is 4.39. The largest absolute Gasteiger partial charge is 0.352 e. The van der Waals surface area contributed by atoms with Crippen molar-refractivity contribution >= 4 is 33.2 Å². The van der Waals surface area contributed by atoms with Crippen LogP contribution in [0.2, 0.25) is 0 Å². The number of carbonyl (C=O) groups is 1. The molecule has 8 heteroatoms. The highest BCUT2D eigenvalue weighted by molar-refractivity contribution is 7.17. The highest BCUT2D eigenvalue weighted by Crippen LogP contribution is 2.21. The van der Waals surface area contributed by atoms with E-state index in [4.69, 9.17) is 0 Å². The summed E-state index contributed by atoms with van der Waals surface area (Å²) >= 11 is 1.44. The zero-order valence-electron chi connectivity index (χ0n) is 17.2. The van der Waals surface area contributed by atoms with Gasteiger partial charge in [-0.3, -0.25) is 18.6 Å². The van der Waals surface area contributed by atoms with E-state index in [1.807, 2.05) is 46.2 Å². The Labute approximate surface area is 178 Å². The summed E-state index contributed by atoms with van der Waals surface area (Å²) in [5.74, 6) is 1.69. The molecule has 0 saturated carbocycles. The van der Waals surface area contributed by atoms with Gasteiger partial charge < -0.3 is 5.32 Å². The molecule has 0 aliphatic carbocycles.